The molecule has 1 aliphatic carbocycles. The molecule has 1 unspecified atom stereocenters. The fourth-order valence-electron chi connectivity index (χ4n) is 5.07. The summed E-state index contributed by atoms with van der Waals surface area (Å²) in [6, 6.07) is 17.0. The number of hydrogen-bond acceptors (Lipinski definition) is 2. The van der Waals surface area contributed by atoms with Crippen LogP contribution in [0.5, 0.6) is 0 Å². The fraction of sp³-hybridized carbons (Fsp3) is 0.320. The Bertz CT molecular complexity index is 1130. The average molecular weight is 370 g/mol. The van der Waals surface area contributed by atoms with E-state index in [1.54, 1.807) is 0 Å². The maximum absolute atomic E-state index is 13.4. The minimum absolute atomic E-state index is 0.00843. The molecule has 1 N–H and O–H groups in total. The van der Waals surface area contributed by atoms with Crippen molar-refractivity contribution in [1.29, 1.82) is 0 Å². The van der Waals surface area contributed by atoms with Crippen LogP contribution in [0.1, 0.15) is 43.7 Å². The number of nitrogens with one attached hydrogen (secondary N) is 1. The molecule has 0 saturated carbocycles. The predicted octanol–water partition coefficient (Wildman–Crippen LogP) is 5.57. The van der Waals surface area contributed by atoms with Crippen molar-refractivity contribution in [1.82, 2.24) is 4.57 Å². The first-order valence-electron chi connectivity index (χ1n) is 10.1. The average Bonchev–Trinajstić information content (AvgIpc) is 2.88. The summed E-state index contributed by atoms with van der Waals surface area (Å²) >= 11 is 0. The molecule has 1 aliphatic heterocycles. The molecule has 0 saturated heterocycles. The van der Waals surface area contributed by atoms with Crippen LogP contribution in [0.4, 0.5) is 5.69 Å². The van der Waals surface area contributed by atoms with Gasteiger partial charge in [0.1, 0.15) is 0 Å². The van der Waals surface area contributed by atoms with Crippen molar-refractivity contribution in [2.24, 2.45) is 12.5 Å². The Hall–Kier alpha value is -2.81. The normalized spacial score (nSPS) is 21.1. The first-order valence-corrected chi connectivity index (χ1v) is 10.1. The molecule has 28 heavy (non-hydrogen) atoms. The van der Waals surface area contributed by atoms with Crippen LogP contribution in [-0.2, 0) is 18.3 Å². The molecular weight excluding hydrogens is 344 g/mol. The first-order chi connectivity index (χ1) is 13.4. The van der Waals surface area contributed by atoms with E-state index in [0.29, 0.717) is 12.2 Å². The van der Waals surface area contributed by atoms with E-state index in [-0.39, 0.29) is 11.3 Å². The largest absolute Gasteiger partial charge is 0.358 e. The number of allylic oxidation sites excluding steroid dienone is 2. The third-order valence-corrected chi connectivity index (χ3v) is 6.30. The highest BCUT2D eigenvalue weighted by molar-refractivity contribution is 6.01. The highest BCUT2D eigenvalue weighted by Crippen LogP contribution is 2.46. The zero-order valence-electron chi connectivity index (χ0n) is 16.8. The van der Waals surface area contributed by atoms with Gasteiger partial charge in [-0.25, -0.2) is 0 Å². The van der Waals surface area contributed by atoms with Crippen LogP contribution in [0, 0.1) is 5.41 Å². The zero-order valence-corrected chi connectivity index (χ0v) is 16.8. The Labute approximate surface area is 166 Å². The molecule has 0 bridgehead atoms. The minimum atomic E-state index is -0.00843. The lowest BCUT2D eigenvalue weighted by Crippen LogP contribution is -2.30. The van der Waals surface area contributed by atoms with Crippen molar-refractivity contribution < 1.29 is 4.79 Å². The van der Waals surface area contributed by atoms with E-state index in [9.17, 15) is 4.79 Å². The predicted molar refractivity (Wildman–Crippen MR) is 114 cm³/mol. The quantitative estimate of drug-likeness (QED) is 0.607. The van der Waals surface area contributed by atoms with Gasteiger partial charge in [-0.15, -0.1) is 0 Å². The number of carbonyl (C=O) groups is 1. The number of fused-ring (bicyclic) bond motifs is 2. The highest BCUT2D eigenvalue weighted by atomic mass is 16.1. The molecule has 3 nitrogen and oxygen atoms in total. The van der Waals surface area contributed by atoms with Gasteiger partial charge in [0.05, 0.1) is 0 Å². The molecule has 2 heterocycles. The van der Waals surface area contributed by atoms with Crippen molar-refractivity contribution in [3.05, 3.63) is 77.1 Å². The van der Waals surface area contributed by atoms with E-state index < -0.39 is 0 Å². The Morgan fingerprint density at radius 2 is 1.79 bits per heavy atom. The van der Waals surface area contributed by atoms with Crippen molar-refractivity contribution in [2.45, 2.75) is 39.0 Å². The summed E-state index contributed by atoms with van der Waals surface area (Å²) in [6.45, 7) is 4.39. The molecule has 0 radical (unpaired) electrons. The summed E-state index contributed by atoms with van der Waals surface area (Å²) in [7, 11) is 2.09. The molecule has 0 fully saturated rings. The van der Waals surface area contributed by atoms with Crippen molar-refractivity contribution in [3.8, 4) is 0 Å². The van der Waals surface area contributed by atoms with Crippen LogP contribution in [0.3, 0.4) is 0 Å². The number of hydrogen-bond donors (Lipinski definition) is 1. The SMILES string of the molecule is Cn1cc(C2Cc3ccccc3NC3=C2C(=O)CC(C)(C)C3)c2ccccc21. The molecule has 3 heteroatoms. The number of rotatable bonds is 1. The standard InChI is InChI=1S/C25H26N2O/c1-25(2)13-21-24(23(28)14-25)18(12-16-8-4-6-10-20(16)26-21)19-15-27(3)22-11-7-5-9-17(19)22/h4-11,15,18,26H,12-14H2,1-3H3. The van der Waals surface area contributed by atoms with Gasteiger partial charge in [-0.05, 0) is 41.5 Å². The van der Waals surface area contributed by atoms with Gasteiger partial charge in [0.2, 0.25) is 0 Å². The van der Waals surface area contributed by atoms with Crippen molar-refractivity contribution in [3.63, 3.8) is 0 Å². The highest BCUT2D eigenvalue weighted by Gasteiger charge is 2.39. The smallest absolute Gasteiger partial charge is 0.161 e. The molecular formula is C25H26N2O. The fourth-order valence-corrected chi connectivity index (χ4v) is 5.07. The summed E-state index contributed by atoms with van der Waals surface area (Å²) in [5.41, 5.74) is 7.00. The minimum Gasteiger partial charge on any atom is -0.358 e. The van der Waals surface area contributed by atoms with Crippen molar-refractivity contribution in [2.75, 3.05) is 5.32 Å². The van der Waals surface area contributed by atoms with Gasteiger partial charge in [-0.2, -0.15) is 0 Å². The molecule has 5 rings (SSSR count). The Morgan fingerprint density at radius 1 is 1.04 bits per heavy atom. The zero-order chi connectivity index (χ0) is 19.5. The maximum Gasteiger partial charge on any atom is 0.161 e. The van der Waals surface area contributed by atoms with Crippen LogP contribution in [0.15, 0.2) is 66.0 Å². The van der Waals surface area contributed by atoms with Gasteiger partial charge in [0.15, 0.2) is 5.78 Å². The number of para-hydroxylation sites is 2. The second kappa shape index (κ2) is 6.10. The third-order valence-electron chi connectivity index (χ3n) is 6.30. The van der Waals surface area contributed by atoms with Crippen molar-refractivity contribution >= 4 is 22.4 Å². The van der Waals surface area contributed by atoms with Crippen LogP contribution >= 0.6 is 0 Å². The van der Waals surface area contributed by atoms with E-state index in [2.05, 4.69) is 85.5 Å². The van der Waals surface area contributed by atoms with Gasteiger partial charge in [-0.3, -0.25) is 4.79 Å². The van der Waals surface area contributed by atoms with E-state index in [1.165, 1.54) is 22.0 Å². The van der Waals surface area contributed by atoms with Gasteiger partial charge < -0.3 is 9.88 Å². The number of aryl methyl sites for hydroxylation is 1. The maximum atomic E-state index is 13.4. The van der Waals surface area contributed by atoms with Gasteiger partial charge in [0.25, 0.3) is 0 Å². The van der Waals surface area contributed by atoms with Crippen LogP contribution in [0.2, 0.25) is 0 Å². The number of benzene rings is 2. The summed E-state index contributed by atoms with van der Waals surface area (Å²) in [4.78, 5) is 13.4. The second-order valence-electron chi connectivity index (χ2n) is 9.08. The third kappa shape index (κ3) is 2.69. The van der Waals surface area contributed by atoms with Crippen LogP contribution in [-0.4, -0.2) is 10.4 Å². The Kier molecular flexibility index (Phi) is 3.77. The molecule has 2 aromatic carbocycles. The van der Waals surface area contributed by atoms with E-state index in [4.69, 9.17) is 0 Å². The van der Waals surface area contributed by atoms with E-state index in [1.807, 2.05) is 0 Å². The number of nitrogens with zero attached hydrogens (tertiary/aromatic N) is 1. The van der Waals surface area contributed by atoms with Crippen LogP contribution < -0.4 is 5.32 Å². The first kappa shape index (κ1) is 17.3. The number of anilines is 1. The van der Waals surface area contributed by atoms with Gasteiger partial charge in [-0.1, -0.05) is 50.2 Å². The van der Waals surface area contributed by atoms with E-state index in [0.717, 1.165) is 29.8 Å². The lowest BCUT2D eigenvalue weighted by molar-refractivity contribution is -0.118. The monoisotopic (exact) mass is 370 g/mol. The molecule has 0 amide bonds. The second-order valence-corrected chi connectivity index (χ2v) is 9.08. The lowest BCUT2D eigenvalue weighted by Gasteiger charge is -2.34. The molecule has 142 valence electrons. The van der Waals surface area contributed by atoms with E-state index >= 15 is 0 Å². The summed E-state index contributed by atoms with van der Waals surface area (Å²) in [6.07, 6.45) is 4.60. The van der Waals surface area contributed by atoms with Gasteiger partial charge >= 0.3 is 0 Å². The topological polar surface area (TPSA) is 34.0 Å². The van der Waals surface area contributed by atoms with Gasteiger partial charge in [0, 0.05) is 53.4 Å². The number of aromatic nitrogens is 1. The summed E-state index contributed by atoms with van der Waals surface area (Å²) in [5.74, 6) is 0.380. The summed E-state index contributed by atoms with van der Waals surface area (Å²) in [5, 5.41) is 4.90. The molecule has 1 aromatic heterocycles. The summed E-state index contributed by atoms with van der Waals surface area (Å²) < 4.78 is 2.19. The van der Waals surface area contributed by atoms with Crippen LogP contribution in [0.25, 0.3) is 10.9 Å². The lowest BCUT2D eigenvalue weighted by atomic mass is 9.71. The number of ketones is 1. The Morgan fingerprint density at radius 3 is 2.64 bits per heavy atom. The molecule has 0 spiro atoms. The molecule has 1 atom stereocenters. The Balaban J connectivity index is 1.76. The number of carbonyl (C=O) groups excluding carboxylic acids is 1. The molecule has 3 aromatic rings. The molecule has 2 aliphatic rings. The number of Topliss-reactive ketones (excluding diaryl/α,β-unsaturated/α-hetero) is 1.